The van der Waals surface area contributed by atoms with Gasteiger partial charge in [-0.05, 0) is 30.7 Å². The first-order chi connectivity index (χ1) is 10.9. The van der Waals surface area contributed by atoms with Crippen LogP contribution in [0.2, 0.25) is 0 Å². The zero-order valence-corrected chi connectivity index (χ0v) is 12.1. The summed E-state index contributed by atoms with van der Waals surface area (Å²) in [6.45, 7) is 1.59. The molecule has 0 atom stereocenters. The number of nitrogens with two attached hydrogens (primary N) is 2. The minimum absolute atomic E-state index is 0.0123. The number of rotatable bonds is 4. The predicted molar refractivity (Wildman–Crippen MR) is 82.3 cm³/mol. The lowest BCUT2D eigenvalue weighted by atomic mass is 10.1. The Morgan fingerprint density at radius 3 is 2.70 bits per heavy atom. The third-order valence-electron chi connectivity index (χ3n) is 2.83. The summed E-state index contributed by atoms with van der Waals surface area (Å²) in [5.74, 6) is -0.869. The number of nitro groups is 1. The first-order valence-corrected chi connectivity index (χ1v) is 6.39. The number of guanidine groups is 1. The largest absolute Gasteiger partial charge is 0.448 e. The molecule has 1 amide bonds. The number of nitrogens with zero attached hydrogens (tertiary/aromatic N) is 3. The molecular weight excluding hydrogens is 302 g/mol. The van der Waals surface area contributed by atoms with Crippen LogP contribution in [0.25, 0.3) is 0 Å². The van der Waals surface area contributed by atoms with Crippen molar-refractivity contribution < 1.29 is 14.5 Å². The Bertz CT molecular complexity index is 785. The molecule has 0 aliphatic carbocycles. The van der Waals surface area contributed by atoms with E-state index >= 15 is 0 Å². The van der Waals surface area contributed by atoms with E-state index in [0.29, 0.717) is 11.3 Å². The molecule has 0 spiro atoms. The molecule has 1 aromatic carbocycles. The topological polar surface area (TPSA) is 147 Å². The van der Waals surface area contributed by atoms with Crippen LogP contribution in [-0.2, 0) is 0 Å². The zero-order chi connectivity index (χ0) is 17.0. The number of hydrogen-bond donors (Lipinski definition) is 2. The summed E-state index contributed by atoms with van der Waals surface area (Å²) < 4.78 is 5.47. The van der Waals surface area contributed by atoms with Crippen LogP contribution >= 0.6 is 0 Å². The van der Waals surface area contributed by atoms with Gasteiger partial charge in [-0.15, -0.1) is 0 Å². The maximum Gasteiger partial charge on any atom is 0.312 e. The van der Waals surface area contributed by atoms with E-state index in [0.717, 1.165) is 6.07 Å². The van der Waals surface area contributed by atoms with Crippen LogP contribution in [0.5, 0.6) is 11.5 Å². The second-order valence-corrected chi connectivity index (χ2v) is 4.52. The van der Waals surface area contributed by atoms with Crippen LogP contribution in [0, 0.1) is 17.0 Å². The zero-order valence-electron chi connectivity index (χ0n) is 12.1. The molecule has 118 valence electrons. The Hall–Kier alpha value is -3.49. The van der Waals surface area contributed by atoms with Crippen LogP contribution in [0.1, 0.15) is 15.9 Å². The van der Waals surface area contributed by atoms with Gasteiger partial charge >= 0.3 is 5.69 Å². The molecule has 4 N–H and O–H groups in total. The second kappa shape index (κ2) is 6.52. The summed E-state index contributed by atoms with van der Waals surface area (Å²) in [5.41, 5.74) is 10.4. The highest BCUT2D eigenvalue weighted by Gasteiger charge is 2.22. The van der Waals surface area contributed by atoms with E-state index in [9.17, 15) is 14.9 Å². The highest BCUT2D eigenvalue weighted by molar-refractivity contribution is 6.03. The number of aliphatic imine (C=N–C) groups is 1. The van der Waals surface area contributed by atoms with E-state index in [1.807, 2.05) is 0 Å². The van der Waals surface area contributed by atoms with E-state index in [2.05, 4.69) is 9.98 Å². The van der Waals surface area contributed by atoms with Crippen LogP contribution in [0.3, 0.4) is 0 Å². The van der Waals surface area contributed by atoms with Crippen molar-refractivity contribution in [1.29, 1.82) is 0 Å². The second-order valence-electron chi connectivity index (χ2n) is 4.52. The van der Waals surface area contributed by atoms with E-state index in [1.54, 1.807) is 25.3 Å². The molecule has 1 heterocycles. The van der Waals surface area contributed by atoms with Crippen molar-refractivity contribution in [3.05, 3.63) is 57.9 Å². The fourth-order valence-corrected chi connectivity index (χ4v) is 1.84. The van der Waals surface area contributed by atoms with E-state index in [4.69, 9.17) is 16.2 Å². The number of carbonyl (C=O) groups is 1. The molecule has 0 saturated heterocycles. The average Bonchev–Trinajstić information content (AvgIpc) is 2.47. The summed E-state index contributed by atoms with van der Waals surface area (Å²) in [6.07, 6.45) is 2.96. The molecule has 0 fully saturated rings. The summed E-state index contributed by atoms with van der Waals surface area (Å²) in [7, 11) is 0. The number of nitro benzene ring substituents is 1. The van der Waals surface area contributed by atoms with Gasteiger partial charge in [-0.3, -0.25) is 19.9 Å². The molecule has 0 saturated carbocycles. The van der Waals surface area contributed by atoms with Crippen LogP contribution in [0.4, 0.5) is 5.69 Å². The summed E-state index contributed by atoms with van der Waals surface area (Å²) in [5, 5.41) is 11.2. The predicted octanol–water partition coefficient (Wildman–Crippen LogP) is 1.50. The molecule has 2 aromatic rings. The third-order valence-corrected chi connectivity index (χ3v) is 2.83. The molecule has 0 bridgehead atoms. The van der Waals surface area contributed by atoms with Crippen LogP contribution in [-0.4, -0.2) is 21.8 Å². The number of amides is 1. The van der Waals surface area contributed by atoms with Crippen molar-refractivity contribution in [2.24, 2.45) is 16.5 Å². The molecule has 0 radical (unpaired) electrons. The quantitative estimate of drug-likeness (QED) is 0.376. The van der Waals surface area contributed by atoms with Crippen molar-refractivity contribution >= 4 is 17.6 Å². The number of benzene rings is 1. The fourth-order valence-electron chi connectivity index (χ4n) is 1.84. The Morgan fingerprint density at radius 1 is 1.39 bits per heavy atom. The van der Waals surface area contributed by atoms with Crippen molar-refractivity contribution in [1.82, 2.24) is 4.98 Å². The molecule has 23 heavy (non-hydrogen) atoms. The average molecular weight is 315 g/mol. The maximum absolute atomic E-state index is 11.9. The van der Waals surface area contributed by atoms with Gasteiger partial charge in [0.2, 0.25) is 5.75 Å². The summed E-state index contributed by atoms with van der Waals surface area (Å²) in [4.78, 5) is 29.7. The number of hydrogen-bond acceptors (Lipinski definition) is 5. The summed E-state index contributed by atoms with van der Waals surface area (Å²) >= 11 is 0. The number of carbonyl (C=O) groups excluding carboxylic acids is 1. The Balaban J connectivity index is 2.48. The first-order valence-electron chi connectivity index (χ1n) is 6.39. The van der Waals surface area contributed by atoms with E-state index < -0.39 is 16.8 Å². The van der Waals surface area contributed by atoms with Crippen molar-refractivity contribution in [3.8, 4) is 11.5 Å². The van der Waals surface area contributed by atoms with Gasteiger partial charge in [-0.2, -0.15) is 4.99 Å². The number of aromatic nitrogens is 1. The van der Waals surface area contributed by atoms with E-state index in [1.165, 1.54) is 12.3 Å². The molecule has 1 aromatic heterocycles. The molecule has 0 aliphatic heterocycles. The van der Waals surface area contributed by atoms with Gasteiger partial charge in [0.05, 0.1) is 16.7 Å². The van der Waals surface area contributed by atoms with Gasteiger partial charge in [0.1, 0.15) is 5.75 Å². The lowest BCUT2D eigenvalue weighted by Crippen LogP contribution is -2.24. The molecule has 0 aliphatic rings. The molecular formula is C14H13N5O4. The molecule has 0 unspecified atom stereocenters. The van der Waals surface area contributed by atoms with Crippen molar-refractivity contribution in [2.75, 3.05) is 0 Å². The standard InChI is InChI=1S/C14H13N5O4/c1-8-5-12(23-9-3-2-4-17-7-9)11(19(21)22)6-10(8)13(20)18-14(15)16/h2-7H,1H3,(H4,15,16,18,20). The van der Waals surface area contributed by atoms with Crippen molar-refractivity contribution in [3.63, 3.8) is 0 Å². The monoisotopic (exact) mass is 315 g/mol. The van der Waals surface area contributed by atoms with Gasteiger partial charge in [-0.1, -0.05) is 0 Å². The van der Waals surface area contributed by atoms with Gasteiger partial charge in [0.25, 0.3) is 5.91 Å². The lowest BCUT2D eigenvalue weighted by molar-refractivity contribution is -0.385. The fraction of sp³-hybridized carbons (Fsp3) is 0.0714. The normalized spacial score (nSPS) is 9.96. The Labute approximate surface area is 130 Å². The minimum Gasteiger partial charge on any atom is -0.448 e. The number of aryl methyl sites for hydroxylation is 1. The van der Waals surface area contributed by atoms with Crippen LogP contribution < -0.4 is 16.2 Å². The highest BCUT2D eigenvalue weighted by atomic mass is 16.6. The molecule has 9 nitrogen and oxygen atoms in total. The van der Waals surface area contributed by atoms with Crippen molar-refractivity contribution in [2.45, 2.75) is 6.92 Å². The minimum atomic E-state index is -0.765. The SMILES string of the molecule is Cc1cc(Oc2cccnc2)c([N+](=O)[O-])cc1C(=O)N=C(N)N. The van der Waals surface area contributed by atoms with Gasteiger partial charge in [0.15, 0.2) is 5.96 Å². The Kier molecular flexibility index (Phi) is 4.50. The lowest BCUT2D eigenvalue weighted by Gasteiger charge is -2.09. The van der Waals surface area contributed by atoms with E-state index in [-0.39, 0.29) is 17.0 Å². The maximum atomic E-state index is 11.9. The van der Waals surface area contributed by atoms with Crippen LogP contribution in [0.15, 0.2) is 41.7 Å². The first kappa shape index (κ1) is 15.9. The molecule has 2 rings (SSSR count). The van der Waals surface area contributed by atoms with Gasteiger partial charge in [0, 0.05) is 12.3 Å². The summed E-state index contributed by atoms with van der Waals surface area (Å²) in [6, 6.07) is 5.69. The number of ether oxygens (including phenoxy) is 1. The molecule has 9 heteroatoms. The Morgan fingerprint density at radius 2 is 2.13 bits per heavy atom. The van der Waals surface area contributed by atoms with Gasteiger partial charge < -0.3 is 16.2 Å². The smallest absolute Gasteiger partial charge is 0.312 e. The highest BCUT2D eigenvalue weighted by Crippen LogP contribution is 2.34. The number of pyridine rings is 1. The third kappa shape index (κ3) is 3.79. The van der Waals surface area contributed by atoms with Gasteiger partial charge in [-0.25, -0.2) is 0 Å².